The zero-order valence-electron chi connectivity index (χ0n) is 15.1. The molecule has 0 saturated carbocycles. The molecule has 0 bridgehead atoms. The molecule has 0 aliphatic carbocycles. The number of morpholine rings is 1. The lowest BCUT2D eigenvalue weighted by molar-refractivity contribution is -0.00597. The first-order chi connectivity index (χ1) is 12.6. The summed E-state index contributed by atoms with van der Waals surface area (Å²) in [7, 11) is 1.83. The Morgan fingerprint density at radius 3 is 2.88 bits per heavy atom. The van der Waals surface area contributed by atoms with Crippen LogP contribution in [-0.2, 0) is 16.5 Å². The van der Waals surface area contributed by atoms with Crippen LogP contribution in [0.4, 0.5) is 0 Å². The van der Waals surface area contributed by atoms with E-state index in [1.807, 2.05) is 18.9 Å². The standard InChI is InChI=1S/C17H23N5O3S/c1-11-14(26-16(20-11)12-4-3-6-24-8-12)17(23)22-5-7-25-9-13(22)15-18-10-19-21(15)2/h10,12-13H,3-9H2,1-2H3. The number of carbonyl (C=O) groups excluding carboxylic acids is 1. The maximum atomic E-state index is 13.3. The van der Waals surface area contributed by atoms with Crippen molar-refractivity contribution in [3.63, 3.8) is 0 Å². The van der Waals surface area contributed by atoms with Gasteiger partial charge in [-0.2, -0.15) is 5.10 Å². The van der Waals surface area contributed by atoms with Crippen molar-refractivity contribution >= 4 is 17.2 Å². The van der Waals surface area contributed by atoms with Gasteiger partial charge in [-0.25, -0.2) is 9.97 Å². The van der Waals surface area contributed by atoms with Crippen molar-refractivity contribution < 1.29 is 14.3 Å². The van der Waals surface area contributed by atoms with Crippen LogP contribution in [0.3, 0.4) is 0 Å². The molecule has 140 valence electrons. The van der Waals surface area contributed by atoms with Crippen molar-refractivity contribution in [2.24, 2.45) is 7.05 Å². The van der Waals surface area contributed by atoms with Crippen molar-refractivity contribution in [2.45, 2.75) is 31.7 Å². The van der Waals surface area contributed by atoms with Gasteiger partial charge < -0.3 is 14.4 Å². The van der Waals surface area contributed by atoms with E-state index in [0.717, 1.165) is 36.0 Å². The van der Waals surface area contributed by atoms with Gasteiger partial charge in [-0.15, -0.1) is 11.3 Å². The summed E-state index contributed by atoms with van der Waals surface area (Å²) in [5.74, 6) is 1.04. The van der Waals surface area contributed by atoms with Gasteiger partial charge in [0.1, 0.15) is 17.2 Å². The molecule has 0 radical (unpaired) electrons. The Balaban J connectivity index is 1.59. The van der Waals surface area contributed by atoms with Crippen LogP contribution in [0.1, 0.15) is 51.0 Å². The first-order valence-corrected chi connectivity index (χ1v) is 9.74. The lowest BCUT2D eigenvalue weighted by Gasteiger charge is -2.34. The molecule has 2 atom stereocenters. The highest BCUT2D eigenvalue weighted by atomic mass is 32.1. The van der Waals surface area contributed by atoms with Crippen LogP contribution in [0.15, 0.2) is 6.33 Å². The fourth-order valence-electron chi connectivity index (χ4n) is 3.52. The van der Waals surface area contributed by atoms with Crippen LogP contribution < -0.4 is 0 Å². The highest BCUT2D eigenvalue weighted by Crippen LogP contribution is 2.33. The smallest absolute Gasteiger partial charge is 0.266 e. The van der Waals surface area contributed by atoms with E-state index in [0.29, 0.717) is 37.2 Å². The van der Waals surface area contributed by atoms with Crippen LogP contribution in [0.25, 0.3) is 0 Å². The first-order valence-electron chi connectivity index (χ1n) is 8.93. The molecule has 2 fully saturated rings. The predicted molar refractivity (Wildman–Crippen MR) is 95.2 cm³/mol. The number of nitrogens with zero attached hydrogens (tertiary/aromatic N) is 5. The van der Waals surface area contributed by atoms with Gasteiger partial charge in [-0.3, -0.25) is 9.48 Å². The zero-order valence-corrected chi connectivity index (χ0v) is 15.9. The molecule has 2 aromatic heterocycles. The monoisotopic (exact) mass is 377 g/mol. The van der Waals surface area contributed by atoms with E-state index in [1.165, 1.54) is 17.7 Å². The summed E-state index contributed by atoms with van der Waals surface area (Å²) >= 11 is 1.51. The van der Waals surface area contributed by atoms with Gasteiger partial charge in [0, 0.05) is 26.1 Å². The Bertz CT molecular complexity index is 783. The Kier molecular flexibility index (Phi) is 5.01. The van der Waals surface area contributed by atoms with Gasteiger partial charge in [-0.1, -0.05) is 0 Å². The second kappa shape index (κ2) is 7.42. The Hall–Kier alpha value is -1.84. The summed E-state index contributed by atoms with van der Waals surface area (Å²) in [6.45, 7) is 4.92. The molecule has 9 heteroatoms. The average molecular weight is 377 g/mol. The van der Waals surface area contributed by atoms with Crippen molar-refractivity contribution in [2.75, 3.05) is 33.0 Å². The number of carbonyl (C=O) groups is 1. The fraction of sp³-hybridized carbons (Fsp3) is 0.647. The lowest BCUT2D eigenvalue weighted by atomic mass is 10.0. The Labute approximate surface area is 156 Å². The number of thiazole rings is 1. The molecular weight excluding hydrogens is 354 g/mol. The van der Waals surface area contributed by atoms with E-state index < -0.39 is 0 Å². The molecule has 8 nitrogen and oxygen atoms in total. The zero-order chi connectivity index (χ0) is 18.1. The number of hydrogen-bond donors (Lipinski definition) is 0. The molecule has 1 amide bonds. The van der Waals surface area contributed by atoms with Crippen LogP contribution in [0, 0.1) is 6.92 Å². The minimum Gasteiger partial charge on any atom is -0.381 e. The third-order valence-electron chi connectivity index (χ3n) is 4.95. The highest BCUT2D eigenvalue weighted by Gasteiger charge is 2.34. The number of rotatable bonds is 3. The predicted octanol–water partition coefficient (Wildman–Crippen LogP) is 1.69. The molecular formula is C17H23N5O3S. The highest BCUT2D eigenvalue weighted by molar-refractivity contribution is 7.13. The minimum atomic E-state index is -0.230. The summed E-state index contributed by atoms with van der Waals surface area (Å²) in [6, 6.07) is -0.230. The quantitative estimate of drug-likeness (QED) is 0.810. The third-order valence-corrected chi connectivity index (χ3v) is 6.26. The SMILES string of the molecule is Cc1nc(C2CCCOC2)sc1C(=O)N1CCOCC1c1ncnn1C. The maximum Gasteiger partial charge on any atom is 0.266 e. The van der Waals surface area contributed by atoms with Gasteiger partial charge in [0.05, 0.1) is 30.5 Å². The normalized spacial score (nSPS) is 24.0. The Morgan fingerprint density at radius 1 is 1.31 bits per heavy atom. The molecule has 4 rings (SSSR count). The average Bonchev–Trinajstić information content (AvgIpc) is 3.27. The van der Waals surface area contributed by atoms with Gasteiger partial charge in [-0.05, 0) is 19.8 Å². The van der Waals surface area contributed by atoms with Gasteiger partial charge in [0.15, 0.2) is 5.82 Å². The summed E-state index contributed by atoms with van der Waals surface area (Å²) in [6.07, 6.45) is 3.62. The van der Waals surface area contributed by atoms with E-state index in [9.17, 15) is 4.79 Å². The van der Waals surface area contributed by atoms with Crippen LogP contribution in [0.5, 0.6) is 0 Å². The third kappa shape index (κ3) is 3.26. The molecule has 2 aliphatic heterocycles. The van der Waals surface area contributed by atoms with Crippen LogP contribution in [-0.4, -0.2) is 63.5 Å². The van der Waals surface area contributed by atoms with Crippen molar-refractivity contribution in [1.82, 2.24) is 24.6 Å². The molecule has 2 aromatic rings. The Morgan fingerprint density at radius 2 is 2.15 bits per heavy atom. The summed E-state index contributed by atoms with van der Waals surface area (Å²) < 4.78 is 12.9. The largest absolute Gasteiger partial charge is 0.381 e. The molecule has 0 N–H and O–H groups in total. The molecule has 4 heterocycles. The van der Waals surface area contributed by atoms with E-state index >= 15 is 0 Å². The summed E-state index contributed by atoms with van der Waals surface area (Å²) in [5.41, 5.74) is 0.795. The molecule has 26 heavy (non-hydrogen) atoms. The first kappa shape index (κ1) is 17.6. The van der Waals surface area contributed by atoms with Crippen LogP contribution >= 0.6 is 11.3 Å². The van der Waals surface area contributed by atoms with Crippen LogP contribution in [0.2, 0.25) is 0 Å². The molecule has 0 aromatic carbocycles. The van der Waals surface area contributed by atoms with Gasteiger partial charge in [0.2, 0.25) is 0 Å². The second-order valence-electron chi connectivity index (χ2n) is 6.71. The van der Waals surface area contributed by atoms with E-state index in [1.54, 1.807) is 4.68 Å². The molecule has 2 aliphatic rings. The number of aryl methyl sites for hydroxylation is 2. The number of ether oxygens (including phenoxy) is 2. The lowest BCUT2D eigenvalue weighted by Crippen LogP contribution is -2.44. The molecule has 2 saturated heterocycles. The number of amides is 1. The van der Waals surface area contributed by atoms with E-state index in [4.69, 9.17) is 9.47 Å². The van der Waals surface area contributed by atoms with Gasteiger partial charge in [0.25, 0.3) is 5.91 Å². The molecule has 2 unspecified atom stereocenters. The van der Waals surface area contributed by atoms with Crippen molar-refractivity contribution in [3.8, 4) is 0 Å². The summed E-state index contributed by atoms with van der Waals surface area (Å²) in [5, 5.41) is 5.14. The minimum absolute atomic E-state index is 0.000669. The van der Waals surface area contributed by atoms with Crippen molar-refractivity contribution in [3.05, 3.63) is 27.7 Å². The van der Waals surface area contributed by atoms with E-state index in [-0.39, 0.29) is 11.9 Å². The van der Waals surface area contributed by atoms with E-state index in [2.05, 4.69) is 15.1 Å². The maximum absolute atomic E-state index is 13.3. The number of hydrogen-bond acceptors (Lipinski definition) is 7. The fourth-order valence-corrected chi connectivity index (χ4v) is 4.67. The van der Waals surface area contributed by atoms with Gasteiger partial charge >= 0.3 is 0 Å². The second-order valence-corrected chi connectivity index (χ2v) is 7.74. The van der Waals surface area contributed by atoms with Crippen molar-refractivity contribution in [1.29, 1.82) is 0 Å². The molecule has 0 spiro atoms. The summed E-state index contributed by atoms with van der Waals surface area (Å²) in [4.78, 5) is 24.8. The topological polar surface area (TPSA) is 82.4 Å². The number of aromatic nitrogens is 4.